The van der Waals surface area contributed by atoms with E-state index in [0.29, 0.717) is 24.0 Å². The van der Waals surface area contributed by atoms with E-state index in [1.165, 1.54) is 11.8 Å². The maximum atomic E-state index is 12.6. The van der Waals surface area contributed by atoms with Crippen molar-refractivity contribution in [1.29, 1.82) is 0 Å². The molecule has 1 fully saturated rings. The van der Waals surface area contributed by atoms with Gasteiger partial charge in [0, 0.05) is 30.3 Å². The zero-order valence-corrected chi connectivity index (χ0v) is 29.9. The number of rotatable bonds is 12. The summed E-state index contributed by atoms with van der Waals surface area (Å²) in [6, 6.07) is 40.3. The lowest BCUT2D eigenvalue weighted by atomic mass is 9.91. The van der Waals surface area contributed by atoms with Crippen molar-refractivity contribution in [1.82, 2.24) is 30.8 Å². The lowest BCUT2D eigenvalue weighted by molar-refractivity contribution is -0.268. The van der Waals surface area contributed by atoms with Crippen LogP contribution in [0.1, 0.15) is 47.1 Å². The van der Waals surface area contributed by atoms with E-state index < -0.39 is 6.29 Å². The Morgan fingerprint density at radius 1 is 0.792 bits per heavy atom. The molecule has 53 heavy (non-hydrogen) atoms. The van der Waals surface area contributed by atoms with Gasteiger partial charge in [-0.15, -0.1) is 5.10 Å². The van der Waals surface area contributed by atoms with E-state index in [4.69, 9.17) is 9.47 Å². The number of thioether (sulfide) groups is 1. The van der Waals surface area contributed by atoms with E-state index in [2.05, 4.69) is 45.2 Å². The molecule has 1 aromatic heterocycles. The van der Waals surface area contributed by atoms with Crippen LogP contribution in [0.2, 0.25) is 0 Å². The summed E-state index contributed by atoms with van der Waals surface area (Å²) in [7, 11) is 0. The number of aliphatic hydroxyl groups excluding tert-OH is 1. The average molecular weight is 729 g/mol. The maximum absolute atomic E-state index is 12.6. The van der Waals surface area contributed by atoms with Crippen molar-refractivity contribution >= 4 is 17.8 Å². The topological polar surface area (TPSA) is 144 Å². The summed E-state index contributed by atoms with van der Waals surface area (Å²) in [5.74, 6) is 0.695. The van der Waals surface area contributed by atoms with Crippen molar-refractivity contribution in [3.05, 3.63) is 155 Å². The number of hydrogen-bond acceptors (Lipinski definition) is 9. The number of nitrogens with zero attached hydrogens (tertiary/aromatic N) is 4. The summed E-state index contributed by atoms with van der Waals surface area (Å²) in [5, 5.41) is 38.2. The number of phenolic OH excluding ortho intramolecular Hbond substituents is 1. The number of hydrogen-bond donors (Lipinski definition) is 4. The third-order valence-corrected chi connectivity index (χ3v) is 10.3. The zero-order chi connectivity index (χ0) is 36.6. The molecule has 1 aliphatic rings. The van der Waals surface area contributed by atoms with Gasteiger partial charge in [0.05, 0.1) is 24.5 Å². The summed E-state index contributed by atoms with van der Waals surface area (Å²) in [4.78, 5) is 12.6. The molecule has 2 amide bonds. The van der Waals surface area contributed by atoms with Gasteiger partial charge in [0.15, 0.2) is 6.29 Å². The molecule has 4 N–H and O–H groups in total. The molecule has 2 heterocycles. The van der Waals surface area contributed by atoms with Crippen molar-refractivity contribution in [2.75, 3.05) is 5.75 Å². The first-order valence-electron chi connectivity index (χ1n) is 17.4. The molecule has 4 atom stereocenters. The van der Waals surface area contributed by atoms with Crippen molar-refractivity contribution in [3.8, 4) is 22.6 Å². The number of nitrogens with one attached hydrogen (secondary N) is 2. The maximum Gasteiger partial charge on any atom is 0.315 e. The normalized spacial score (nSPS) is 18.4. The molecule has 0 bridgehead atoms. The zero-order valence-electron chi connectivity index (χ0n) is 29.1. The van der Waals surface area contributed by atoms with E-state index in [1.54, 1.807) is 28.9 Å². The monoisotopic (exact) mass is 728 g/mol. The highest BCUT2D eigenvalue weighted by molar-refractivity contribution is 7.99. The van der Waals surface area contributed by atoms with Crippen LogP contribution < -0.4 is 10.6 Å². The van der Waals surface area contributed by atoms with Crippen LogP contribution in [-0.4, -0.2) is 48.3 Å². The minimum Gasteiger partial charge on any atom is -0.508 e. The van der Waals surface area contributed by atoms with Crippen LogP contribution in [0, 0.1) is 5.92 Å². The van der Waals surface area contributed by atoms with Crippen LogP contribution >= 0.6 is 11.8 Å². The van der Waals surface area contributed by atoms with Crippen molar-refractivity contribution in [2.24, 2.45) is 5.92 Å². The predicted octanol–water partition coefficient (Wildman–Crippen LogP) is 7.11. The van der Waals surface area contributed by atoms with Gasteiger partial charge in [-0.25, -0.2) is 4.79 Å². The van der Waals surface area contributed by atoms with Crippen molar-refractivity contribution in [3.63, 3.8) is 0 Å². The second kappa shape index (κ2) is 16.9. The molecule has 0 radical (unpaired) electrons. The van der Waals surface area contributed by atoms with Gasteiger partial charge in [0.25, 0.3) is 0 Å². The molecule has 11 nitrogen and oxygen atoms in total. The van der Waals surface area contributed by atoms with Crippen LogP contribution in [0.5, 0.6) is 5.75 Å². The first-order valence-corrected chi connectivity index (χ1v) is 18.4. The number of carbonyl (C=O) groups is 1. The molecule has 7 rings (SSSR count). The van der Waals surface area contributed by atoms with E-state index in [1.807, 2.05) is 91.0 Å². The highest BCUT2D eigenvalue weighted by atomic mass is 32.2. The molecular weight excluding hydrogens is 689 g/mol. The fraction of sp³-hybridized carbons (Fsp3) is 0.220. The second-order valence-electron chi connectivity index (χ2n) is 12.8. The molecule has 1 saturated heterocycles. The van der Waals surface area contributed by atoms with Crippen LogP contribution in [0.3, 0.4) is 0 Å². The Morgan fingerprint density at radius 3 is 2.25 bits per heavy atom. The summed E-state index contributed by atoms with van der Waals surface area (Å²) < 4.78 is 15.0. The van der Waals surface area contributed by atoms with Crippen molar-refractivity contribution in [2.45, 2.75) is 50.3 Å². The second-order valence-corrected chi connectivity index (χ2v) is 13.8. The van der Waals surface area contributed by atoms with Crippen LogP contribution in [0.15, 0.2) is 133 Å². The predicted molar refractivity (Wildman–Crippen MR) is 202 cm³/mol. The number of tetrazole rings is 1. The van der Waals surface area contributed by atoms with E-state index in [0.717, 1.165) is 44.6 Å². The van der Waals surface area contributed by atoms with E-state index in [-0.39, 0.29) is 36.5 Å². The van der Waals surface area contributed by atoms with Crippen LogP contribution in [0.4, 0.5) is 4.79 Å². The van der Waals surface area contributed by atoms with Gasteiger partial charge < -0.3 is 30.3 Å². The summed E-state index contributed by atoms with van der Waals surface area (Å²) in [6.07, 6.45) is -1.16. The van der Waals surface area contributed by atoms with Crippen LogP contribution in [-0.2, 0) is 29.2 Å². The Balaban J connectivity index is 1.07. The van der Waals surface area contributed by atoms with Gasteiger partial charge in [-0.2, -0.15) is 4.68 Å². The summed E-state index contributed by atoms with van der Waals surface area (Å²) >= 11 is 1.49. The highest BCUT2D eigenvalue weighted by Crippen LogP contribution is 2.43. The number of amides is 2. The van der Waals surface area contributed by atoms with Gasteiger partial charge in [-0.3, -0.25) is 0 Å². The number of urea groups is 1. The SMILES string of the molecule is CC1C(CSc2nnnn2-c2ccc(O)cc2)OC(c2ccc(-c3ccccc3CNC(=O)NCc3ccccc3)cc2)OC1c1ccc(CO)cc1. The molecule has 12 heteroatoms. The number of aromatic hydroxyl groups is 1. The van der Waals surface area contributed by atoms with Crippen molar-refractivity contribution < 1.29 is 24.5 Å². The summed E-state index contributed by atoms with van der Waals surface area (Å²) in [5.41, 5.74) is 7.49. The molecule has 0 saturated carbocycles. The molecule has 0 spiro atoms. The Labute approximate surface area is 312 Å². The molecule has 4 unspecified atom stereocenters. The minimum absolute atomic E-state index is 0.0275. The number of phenols is 1. The Kier molecular flexibility index (Phi) is 11.4. The Morgan fingerprint density at radius 2 is 1.49 bits per heavy atom. The lowest BCUT2D eigenvalue weighted by Gasteiger charge is -2.41. The Hall–Kier alpha value is -5.53. The Bertz CT molecular complexity index is 2100. The number of benzene rings is 5. The third kappa shape index (κ3) is 8.75. The van der Waals surface area contributed by atoms with Gasteiger partial charge in [-0.05, 0) is 68.1 Å². The number of carbonyl (C=O) groups excluding carboxylic acids is 1. The third-order valence-electron chi connectivity index (χ3n) is 9.28. The van der Waals surface area contributed by atoms with Gasteiger partial charge in [-0.1, -0.05) is 122 Å². The fourth-order valence-corrected chi connectivity index (χ4v) is 7.34. The van der Waals surface area contributed by atoms with Crippen LogP contribution in [0.25, 0.3) is 16.8 Å². The van der Waals surface area contributed by atoms with Gasteiger partial charge in [0.2, 0.25) is 5.16 Å². The largest absolute Gasteiger partial charge is 0.508 e. The molecule has 6 aromatic rings. The molecular formula is C41H40N6O5S. The standard InChI is InChI=1S/C41H40N6O5S/c1-27-37(26-53-41-44-45-46-47(41)34-19-21-35(49)22-20-34)51-39(52-38(27)31-13-11-29(25-48)12-14-31)32-17-15-30(16-18-32)36-10-6-5-9-33(36)24-43-40(50)42-23-28-7-3-2-4-8-28/h2-22,27,37-39,48-49H,23-26H2,1H3,(H2,42,43,50). The van der Waals surface area contributed by atoms with E-state index in [9.17, 15) is 15.0 Å². The molecule has 270 valence electrons. The fourth-order valence-electron chi connectivity index (χ4n) is 6.28. The van der Waals surface area contributed by atoms with Gasteiger partial charge >= 0.3 is 6.03 Å². The molecule has 5 aromatic carbocycles. The number of aliphatic hydroxyl groups is 1. The number of ether oxygens (including phenoxy) is 2. The minimum atomic E-state index is -0.647. The molecule has 0 aliphatic carbocycles. The average Bonchev–Trinajstić information content (AvgIpc) is 3.68. The lowest BCUT2D eigenvalue weighted by Crippen LogP contribution is -2.38. The number of aromatic nitrogens is 4. The first-order chi connectivity index (χ1) is 25.9. The summed E-state index contributed by atoms with van der Waals surface area (Å²) in [6.45, 7) is 2.91. The van der Waals surface area contributed by atoms with Gasteiger partial charge in [0.1, 0.15) is 5.75 Å². The first kappa shape index (κ1) is 35.9. The quantitative estimate of drug-likeness (QED) is 0.0970. The van der Waals surface area contributed by atoms with E-state index >= 15 is 0 Å². The highest BCUT2D eigenvalue weighted by Gasteiger charge is 2.38. The molecule has 1 aliphatic heterocycles. The smallest absolute Gasteiger partial charge is 0.315 e.